The highest BCUT2D eigenvalue weighted by molar-refractivity contribution is 5.66. The van der Waals surface area contributed by atoms with Gasteiger partial charge < -0.3 is 14.8 Å². The first-order valence-corrected chi connectivity index (χ1v) is 3.25. The molecular weight excluding hydrogens is 134 g/mol. The van der Waals surface area contributed by atoms with E-state index >= 15 is 0 Å². The summed E-state index contributed by atoms with van der Waals surface area (Å²) in [5, 5.41) is 2.37. The normalized spacial score (nSPS) is 17.7. The highest BCUT2D eigenvalue weighted by atomic mass is 16.6. The molecule has 0 bridgehead atoms. The molecule has 0 aromatic rings. The van der Waals surface area contributed by atoms with Crippen LogP contribution in [0.15, 0.2) is 0 Å². The van der Waals surface area contributed by atoms with Crippen LogP contribution >= 0.6 is 0 Å². The van der Waals surface area contributed by atoms with E-state index in [9.17, 15) is 4.79 Å². The Balaban J connectivity index is 1.98. The first-order valence-electron chi connectivity index (χ1n) is 3.25. The molecule has 58 valence electrons. The fourth-order valence-corrected chi connectivity index (χ4v) is 0.646. The van der Waals surface area contributed by atoms with Gasteiger partial charge in [-0.25, -0.2) is 4.79 Å². The highest BCUT2D eigenvalue weighted by Crippen LogP contribution is 2.09. The van der Waals surface area contributed by atoms with E-state index in [1.807, 2.05) is 0 Å². The summed E-state index contributed by atoms with van der Waals surface area (Å²) in [5.74, 6) is 0.414. The topological polar surface area (TPSA) is 47.6 Å². The second-order valence-electron chi connectivity index (χ2n) is 2.25. The van der Waals surface area contributed by atoms with Crippen LogP contribution in [0.4, 0.5) is 4.79 Å². The van der Waals surface area contributed by atoms with Crippen LogP contribution in [0.3, 0.4) is 0 Å². The Hall–Kier alpha value is -0.770. The van der Waals surface area contributed by atoms with Crippen molar-refractivity contribution in [3.63, 3.8) is 0 Å². The standard InChI is InChI=1S/C6H11NO3/c1-7-6(8)10-4-5-2-9-3-5/h5H,2-4H2,1H3,(H,7,8). The van der Waals surface area contributed by atoms with Crippen LogP contribution in [0.2, 0.25) is 0 Å². The smallest absolute Gasteiger partial charge is 0.406 e. The molecule has 1 aliphatic rings. The number of hydrogen-bond acceptors (Lipinski definition) is 3. The van der Waals surface area contributed by atoms with Gasteiger partial charge in [-0.15, -0.1) is 0 Å². The predicted molar refractivity (Wildman–Crippen MR) is 34.7 cm³/mol. The van der Waals surface area contributed by atoms with Crippen molar-refractivity contribution >= 4 is 6.09 Å². The molecule has 1 rings (SSSR count). The average Bonchev–Trinajstić information content (AvgIpc) is 1.84. The van der Waals surface area contributed by atoms with Crippen molar-refractivity contribution < 1.29 is 14.3 Å². The third-order valence-corrected chi connectivity index (χ3v) is 1.36. The molecule has 1 heterocycles. The third kappa shape index (κ3) is 1.88. The van der Waals surface area contributed by atoms with Crippen molar-refractivity contribution in [1.29, 1.82) is 0 Å². The monoisotopic (exact) mass is 145 g/mol. The van der Waals surface area contributed by atoms with Crippen LogP contribution in [0, 0.1) is 5.92 Å². The summed E-state index contributed by atoms with van der Waals surface area (Å²) in [6.45, 7) is 1.91. The van der Waals surface area contributed by atoms with E-state index in [4.69, 9.17) is 9.47 Å². The lowest BCUT2D eigenvalue weighted by Crippen LogP contribution is -2.34. The van der Waals surface area contributed by atoms with E-state index in [2.05, 4.69) is 5.32 Å². The zero-order chi connectivity index (χ0) is 7.40. The Labute approximate surface area is 59.5 Å². The maximum atomic E-state index is 10.5. The summed E-state index contributed by atoms with van der Waals surface area (Å²) < 4.78 is 9.65. The molecule has 0 unspecified atom stereocenters. The van der Waals surface area contributed by atoms with E-state index < -0.39 is 0 Å². The van der Waals surface area contributed by atoms with Crippen molar-refractivity contribution in [3.05, 3.63) is 0 Å². The van der Waals surface area contributed by atoms with Crippen LogP contribution in [-0.4, -0.2) is 33.0 Å². The Morgan fingerprint density at radius 1 is 1.80 bits per heavy atom. The molecule has 0 saturated carbocycles. The van der Waals surface area contributed by atoms with Crippen LogP contribution in [0.1, 0.15) is 0 Å². The second kappa shape index (κ2) is 3.41. The SMILES string of the molecule is CNC(=O)OCC1COC1. The van der Waals surface area contributed by atoms with Gasteiger partial charge in [0.2, 0.25) is 0 Å². The molecule has 1 fully saturated rings. The molecule has 1 N–H and O–H groups in total. The maximum Gasteiger partial charge on any atom is 0.406 e. The van der Waals surface area contributed by atoms with Crippen molar-refractivity contribution in [3.8, 4) is 0 Å². The van der Waals surface area contributed by atoms with Crippen LogP contribution in [-0.2, 0) is 9.47 Å². The molecular formula is C6H11NO3. The summed E-state index contributed by atoms with van der Waals surface area (Å²) in [7, 11) is 1.54. The minimum absolute atomic E-state index is 0.369. The number of alkyl carbamates (subject to hydrolysis) is 1. The molecule has 0 radical (unpaired) electrons. The third-order valence-electron chi connectivity index (χ3n) is 1.36. The summed E-state index contributed by atoms with van der Waals surface area (Å²) >= 11 is 0. The van der Waals surface area contributed by atoms with E-state index in [1.165, 1.54) is 0 Å². The second-order valence-corrected chi connectivity index (χ2v) is 2.25. The lowest BCUT2D eigenvalue weighted by atomic mass is 10.1. The van der Waals surface area contributed by atoms with Crippen LogP contribution < -0.4 is 5.32 Å². The zero-order valence-corrected chi connectivity index (χ0v) is 5.92. The Kier molecular flexibility index (Phi) is 2.50. The van der Waals surface area contributed by atoms with Gasteiger partial charge in [0.05, 0.1) is 13.2 Å². The largest absolute Gasteiger partial charge is 0.449 e. The van der Waals surface area contributed by atoms with Crippen LogP contribution in [0.5, 0.6) is 0 Å². The molecule has 4 nitrogen and oxygen atoms in total. The number of carbonyl (C=O) groups excluding carboxylic acids is 1. The first-order chi connectivity index (χ1) is 4.83. The van der Waals surface area contributed by atoms with E-state index in [1.54, 1.807) is 7.05 Å². The van der Waals surface area contributed by atoms with Gasteiger partial charge in [0, 0.05) is 13.0 Å². The summed E-state index contributed by atoms with van der Waals surface area (Å²) in [4.78, 5) is 10.5. The molecule has 0 aliphatic carbocycles. The molecule has 0 spiro atoms. The maximum absolute atomic E-state index is 10.5. The van der Waals surface area contributed by atoms with Crippen molar-refractivity contribution in [2.75, 3.05) is 26.9 Å². The summed E-state index contributed by atoms with van der Waals surface area (Å²) in [6, 6.07) is 0. The molecule has 0 atom stereocenters. The van der Waals surface area contributed by atoms with Crippen LogP contribution in [0.25, 0.3) is 0 Å². The fourth-order valence-electron chi connectivity index (χ4n) is 0.646. The lowest BCUT2D eigenvalue weighted by molar-refractivity contribution is -0.0577. The van der Waals surface area contributed by atoms with Gasteiger partial charge in [0.1, 0.15) is 6.61 Å². The van der Waals surface area contributed by atoms with Gasteiger partial charge in [-0.1, -0.05) is 0 Å². The van der Waals surface area contributed by atoms with Gasteiger partial charge in [-0.05, 0) is 0 Å². The number of carbonyl (C=O) groups is 1. The molecule has 1 amide bonds. The van der Waals surface area contributed by atoms with E-state index in [-0.39, 0.29) is 6.09 Å². The molecule has 10 heavy (non-hydrogen) atoms. The molecule has 4 heteroatoms. The zero-order valence-electron chi connectivity index (χ0n) is 5.92. The quantitative estimate of drug-likeness (QED) is 0.594. The molecule has 1 aliphatic heterocycles. The van der Waals surface area contributed by atoms with Gasteiger partial charge in [-0.3, -0.25) is 0 Å². The number of nitrogens with one attached hydrogen (secondary N) is 1. The van der Waals surface area contributed by atoms with E-state index in [0.29, 0.717) is 12.5 Å². The van der Waals surface area contributed by atoms with Gasteiger partial charge in [0.25, 0.3) is 0 Å². The van der Waals surface area contributed by atoms with Gasteiger partial charge >= 0.3 is 6.09 Å². The predicted octanol–water partition coefficient (Wildman–Crippen LogP) is -0.0112. The number of rotatable bonds is 2. The fraction of sp³-hybridized carbons (Fsp3) is 0.833. The Morgan fingerprint density at radius 2 is 2.50 bits per heavy atom. The minimum atomic E-state index is -0.369. The lowest BCUT2D eigenvalue weighted by Gasteiger charge is -2.24. The summed E-state index contributed by atoms with van der Waals surface area (Å²) in [6.07, 6.45) is -0.369. The average molecular weight is 145 g/mol. The Bertz CT molecular complexity index is 122. The van der Waals surface area contributed by atoms with Crippen molar-refractivity contribution in [2.24, 2.45) is 5.92 Å². The molecule has 0 aromatic carbocycles. The minimum Gasteiger partial charge on any atom is -0.449 e. The summed E-state index contributed by atoms with van der Waals surface area (Å²) in [5.41, 5.74) is 0. The molecule has 0 aromatic heterocycles. The van der Waals surface area contributed by atoms with Crippen molar-refractivity contribution in [1.82, 2.24) is 5.32 Å². The van der Waals surface area contributed by atoms with Gasteiger partial charge in [-0.2, -0.15) is 0 Å². The number of ether oxygens (including phenoxy) is 2. The Morgan fingerprint density at radius 3 is 2.90 bits per heavy atom. The first kappa shape index (κ1) is 7.34. The van der Waals surface area contributed by atoms with Gasteiger partial charge in [0.15, 0.2) is 0 Å². The number of amides is 1. The van der Waals surface area contributed by atoms with E-state index in [0.717, 1.165) is 13.2 Å². The highest BCUT2D eigenvalue weighted by Gasteiger charge is 2.19. The number of hydrogen-bond donors (Lipinski definition) is 1. The molecule has 1 saturated heterocycles. The van der Waals surface area contributed by atoms with Crippen molar-refractivity contribution in [2.45, 2.75) is 0 Å².